The minimum absolute atomic E-state index is 0.114. The molecule has 1 aliphatic heterocycles. The lowest BCUT2D eigenvalue weighted by Gasteiger charge is -2.29. The number of piperidine rings is 1. The summed E-state index contributed by atoms with van der Waals surface area (Å²) in [6.07, 6.45) is 1.29. The van der Waals surface area contributed by atoms with Gasteiger partial charge in [-0.3, -0.25) is 4.79 Å². The molecule has 2 heterocycles. The van der Waals surface area contributed by atoms with Crippen LogP contribution in [-0.2, 0) is 11.3 Å². The topological polar surface area (TPSA) is 56.7 Å². The van der Waals surface area contributed by atoms with Gasteiger partial charge in [-0.05, 0) is 37.1 Å². The van der Waals surface area contributed by atoms with Crippen LogP contribution in [0.25, 0.3) is 0 Å². The summed E-state index contributed by atoms with van der Waals surface area (Å²) in [6.45, 7) is 3.43. The van der Waals surface area contributed by atoms with Gasteiger partial charge in [-0.1, -0.05) is 0 Å². The first-order chi connectivity index (χ1) is 11.5. The van der Waals surface area contributed by atoms with Gasteiger partial charge in [0.15, 0.2) is 5.13 Å². The normalized spacial score (nSPS) is 15.5. The highest BCUT2D eigenvalue weighted by molar-refractivity contribution is 7.13. The molecule has 0 bridgehead atoms. The van der Waals surface area contributed by atoms with Crippen molar-refractivity contribution in [2.24, 2.45) is 0 Å². The Kier molecular flexibility index (Phi) is 5.11. The van der Waals surface area contributed by atoms with Gasteiger partial charge in [-0.25, -0.2) is 9.37 Å². The van der Waals surface area contributed by atoms with Crippen LogP contribution in [0.3, 0.4) is 0 Å². The number of aliphatic hydroxyl groups excluding tert-OH is 1. The summed E-state index contributed by atoms with van der Waals surface area (Å²) < 4.78 is 13.1. The Morgan fingerprint density at radius 3 is 2.67 bits per heavy atom. The highest BCUT2D eigenvalue weighted by Gasteiger charge is 2.20. The van der Waals surface area contributed by atoms with Crippen LogP contribution >= 0.6 is 11.3 Å². The molecule has 0 spiro atoms. The number of anilines is 2. The minimum atomic E-state index is -0.328. The van der Waals surface area contributed by atoms with Crippen LogP contribution < -0.4 is 9.80 Å². The first-order valence-electron chi connectivity index (χ1n) is 7.94. The van der Waals surface area contributed by atoms with E-state index in [-0.39, 0.29) is 17.8 Å². The fraction of sp³-hybridized carbons (Fsp3) is 0.412. The average molecular weight is 349 g/mol. The molecule has 0 unspecified atom stereocenters. The summed E-state index contributed by atoms with van der Waals surface area (Å²) in [4.78, 5) is 20.3. The van der Waals surface area contributed by atoms with Crippen molar-refractivity contribution in [3.8, 4) is 0 Å². The van der Waals surface area contributed by atoms with Gasteiger partial charge in [0, 0.05) is 31.1 Å². The standard InChI is InChI=1S/C17H20FN3O2S/c1-12(22)21(15-4-2-13(18)3-5-15)10-14-11-24-17(19-14)20-8-6-16(23)7-9-20/h2-5,11,16,23H,6-10H2,1H3. The molecule has 1 saturated heterocycles. The maximum absolute atomic E-state index is 13.1. The number of nitrogens with zero attached hydrogens (tertiary/aromatic N) is 3. The Hall–Kier alpha value is -1.99. The second kappa shape index (κ2) is 7.27. The fourth-order valence-electron chi connectivity index (χ4n) is 2.74. The second-order valence-corrected chi connectivity index (χ2v) is 6.76. The predicted octanol–water partition coefficient (Wildman–Crippen LogP) is 2.80. The Labute approximate surface area is 144 Å². The number of benzene rings is 1. The van der Waals surface area contributed by atoms with Gasteiger partial charge < -0.3 is 14.9 Å². The molecule has 3 rings (SSSR count). The summed E-state index contributed by atoms with van der Waals surface area (Å²) in [7, 11) is 0. The highest BCUT2D eigenvalue weighted by atomic mass is 32.1. The molecule has 2 aromatic rings. The van der Waals surface area contributed by atoms with E-state index in [1.54, 1.807) is 28.4 Å². The summed E-state index contributed by atoms with van der Waals surface area (Å²) in [6, 6.07) is 5.87. The molecule has 0 radical (unpaired) electrons. The largest absolute Gasteiger partial charge is 0.393 e. The Morgan fingerprint density at radius 1 is 1.38 bits per heavy atom. The molecule has 0 atom stereocenters. The number of hydrogen-bond acceptors (Lipinski definition) is 5. The van der Waals surface area contributed by atoms with E-state index in [0.717, 1.165) is 36.8 Å². The van der Waals surface area contributed by atoms with Crippen molar-refractivity contribution in [3.63, 3.8) is 0 Å². The van der Waals surface area contributed by atoms with Crippen LogP contribution in [0.2, 0.25) is 0 Å². The maximum Gasteiger partial charge on any atom is 0.224 e. The first-order valence-corrected chi connectivity index (χ1v) is 8.82. The van der Waals surface area contributed by atoms with Gasteiger partial charge in [0.05, 0.1) is 18.3 Å². The molecule has 0 aliphatic carbocycles. The number of thiazole rings is 1. The van der Waals surface area contributed by atoms with Gasteiger partial charge in [-0.2, -0.15) is 0 Å². The minimum Gasteiger partial charge on any atom is -0.393 e. The average Bonchev–Trinajstić information content (AvgIpc) is 3.03. The number of amides is 1. The summed E-state index contributed by atoms with van der Waals surface area (Å²) in [5.41, 5.74) is 1.46. The number of carbonyl (C=O) groups is 1. The zero-order valence-corrected chi connectivity index (χ0v) is 14.3. The zero-order chi connectivity index (χ0) is 17.1. The molecule has 1 aliphatic rings. The Balaban J connectivity index is 1.72. The van der Waals surface area contributed by atoms with Crippen molar-refractivity contribution in [3.05, 3.63) is 41.2 Å². The molecule has 0 saturated carbocycles. The van der Waals surface area contributed by atoms with Crippen LogP contribution in [0.4, 0.5) is 15.2 Å². The molecule has 5 nitrogen and oxygen atoms in total. The van der Waals surface area contributed by atoms with E-state index in [0.29, 0.717) is 12.2 Å². The third-order valence-corrected chi connectivity index (χ3v) is 5.06. The smallest absolute Gasteiger partial charge is 0.224 e. The van der Waals surface area contributed by atoms with Crippen LogP contribution in [0.5, 0.6) is 0 Å². The quantitative estimate of drug-likeness (QED) is 0.922. The lowest BCUT2D eigenvalue weighted by atomic mass is 10.1. The third kappa shape index (κ3) is 3.91. The summed E-state index contributed by atoms with van der Waals surface area (Å²) in [5, 5.41) is 12.5. The Morgan fingerprint density at radius 2 is 2.04 bits per heavy atom. The van der Waals surface area contributed by atoms with Crippen molar-refractivity contribution in [2.75, 3.05) is 22.9 Å². The van der Waals surface area contributed by atoms with Gasteiger partial charge in [-0.15, -0.1) is 11.3 Å². The molecule has 7 heteroatoms. The van der Waals surface area contributed by atoms with Crippen LogP contribution in [-0.4, -0.2) is 35.2 Å². The maximum atomic E-state index is 13.1. The van der Waals surface area contributed by atoms with Crippen LogP contribution in [0.1, 0.15) is 25.5 Å². The monoisotopic (exact) mass is 349 g/mol. The van der Waals surface area contributed by atoms with Gasteiger partial charge in [0.2, 0.25) is 5.91 Å². The summed E-state index contributed by atoms with van der Waals surface area (Å²) in [5.74, 6) is -0.442. The molecule has 1 N–H and O–H groups in total. The number of rotatable bonds is 4. The van der Waals surface area contributed by atoms with Crippen LogP contribution in [0, 0.1) is 5.82 Å². The molecule has 1 amide bonds. The fourth-order valence-corrected chi connectivity index (χ4v) is 3.61. The van der Waals surface area contributed by atoms with E-state index < -0.39 is 0 Å². The Bertz CT molecular complexity index is 696. The van der Waals surface area contributed by atoms with Gasteiger partial charge >= 0.3 is 0 Å². The molecular weight excluding hydrogens is 329 g/mol. The molecule has 1 fully saturated rings. The van der Waals surface area contributed by atoms with Crippen LogP contribution in [0.15, 0.2) is 29.6 Å². The zero-order valence-electron chi connectivity index (χ0n) is 13.5. The molecule has 24 heavy (non-hydrogen) atoms. The van der Waals surface area contributed by atoms with Crippen molar-refractivity contribution < 1.29 is 14.3 Å². The van der Waals surface area contributed by atoms with Gasteiger partial charge in [0.1, 0.15) is 5.82 Å². The third-order valence-electron chi connectivity index (χ3n) is 4.11. The number of hydrogen-bond donors (Lipinski definition) is 1. The highest BCUT2D eigenvalue weighted by Crippen LogP contribution is 2.26. The second-order valence-electron chi connectivity index (χ2n) is 5.92. The molecule has 1 aromatic heterocycles. The number of halogens is 1. The first kappa shape index (κ1) is 16.9. The van der Waals surface area contributed by atoms with E-state index in [2.05, 4.69) is 9.88 Å². The lowest BCUT2D eigenvalue weighted by Crippen LogP contribution is -2.35. The van der Waals surface area contributed by atoms with E-state index in [1.165, 1.54) is 19.1 Å². The van der Waals surface area contributed by atoms with Crippen molar-refractivity contribution in [2.45, 2.75) is 32.4 Å². The van der Waals surface area contributed by atoms with Crippen molar-refractivity contribution in [1.82, 2.24) is 4.98 Å². The van der Waals surface area contributed by atoms with Gasteiger partial charge in [0.25, 0.3) is 0 Å². The lowest BCUT2D eigenvalue weighted by molar-refractivity contribution is -0.116. The number of aliphatic hydroxyl groups is 1. The van der Waals surface area contributed by atoms with E-state index in [9.17, 15) is 14.3 Å². The molecule has 1 aromatic carbocycles. The number of carbonyl (C=O) groups excluding carboxylic acids is 1. The van der Waals surface area contributed by atoms with Crippen molar-refractivity contribution in [1.29, 1.82) is 0 Å². The van der Waals surface area contributed by atoms with E-state index in [1.807, 2.05) is 5.38 Å². The molecular formula is C17H20FN3O2S. The number of aromatic nitrogens is 1. The predicted molar refractivity (Wildman–Crippen MR) is 92.8 cm³/mol. The molecule has 128 valence electrons. The van der Waals surface area contributed by atoms with Crippen molar-refractivity contribution >= 4 is 28.1 Å². The van der Waals surface area contributed by atoms with E-state index >= 15 is 0 Å². The SMILES string of the molecule is CC(=O)N(Cc1csc(N2CCC(O)CC2)n1)c1ccc(F)cc1. The van der Waals surface area contributed by atoms with E-state index in [4.69, 9.17) is 0 Å². The summed E-state index contributed by atoms with van der Waals surface area (Å²) >= 11 is 1.54.